The number of rotatable bonds is 0. The maximum absolute atomic E-state index is 3.15. The van der Waals surface area contributed by atoms with Crippen molar-refractivity contribution in [1.82, 2.24) is 0 Å². The molecule has 0 aliphatic carbocycles. The summed E-state index contributed by atoms with van der Waals surface area (Å²) in [6.45, 7) is 0. The molecule has 0 heterocycles. The Labute approximate surface area is 66.7 Å². The topological polar surface area (TPSA) is 94.5 Å². The molecule has 0 aliphatic heterocycles. The van der Waals surface area contributed by atoms with Crippen molar-refractivity contribution in [2.45, 2.75) is 0 Å². The van der Waals surface area contributed by atoms with Crippen LogP contribution in [0.15, 0.2) is 0 Å². The molecular formula is H6Br3NiO3. The predicted molar refractivity (Wildman–Crippen MR) is 37.6 cm³/mol. The first-order valence-corrected chi connectivity index (χ1v) is 7.68. The van der Waals surface area contributed by atoms with Crippen LogP contribution in [-0.4, -0.2) is 16.4 Å². The first-order valence-electron chi connectivity index (χ1n) is 0.359. The minimum absolute atomic E-state index is 0. The first kappa shape index (κ1) is 23.2. The minimum atomic E-state index is -0.0208. The van der Waals surface area contributed by atoms with Gasteiger partial charge in [0.15, 0.2) is 0 Å². The van der Waals surface area contributed by atoms with Gasteiger partial charge in [-0.1, -0.05) is 0 Å². The van der Waals surface area contributed by atoms with Gasteiger partial charge < -0.3 is 16.4 Å². The second-order valence-electron chi connectivity index (χ2n) is 0.136. The summed E-state index contributed by atoms with van der Waals surface area (Å²) in [4.78, 5) is 0. The van der Waals surface area contributed by atoms with Gasteiger partial charge in [-0.05, 0) is 0 Å². The van der Waals surface area contributed by atoms with Crippen LogP contribution >= 0.6 is 42.7 Å². The van der Waals surface area contributed by atoms with E-state index in [9.17, 15) is 0 Å². The van der Waals surface area contributed by atoms with Crippen molar-refractivity contribution in [3.63, 3.8) is 0 Å². The molecule has 0 saturated carbocycles. The Morgan fingerprint density at radius 2 is 0.714 bits per heavy atom. The molecule has 0 aromatic rings. The van der Waals surface area contributed by atoms with Crippen LogP contribution in [0.25, 0.3) is 0 Å². The monoisotopic (exact) mass is 349 g/mol. The van der Waals surface area contributed by atoms with Crippen LogP contribution in [0, 0.1) is 0 Å². The van der Waals surface area contributed by atoms with Crippen LogP contribution < -0.4 is 0 Å². The van der Waals surface area contributed by atoms with E-state index in [-0.39, 0.29) is 24.5 Å². The van der Waals surface area contributed by atoms with Gasteiger partial charge in [0.2, 0.25) is 0 Å². The van der Waals surface area contributed by atoms with E-state index in [2.05, 4.69) is 42.7 Å². The van der Waals surface area contributed by atoms with Crippen molar-refractivity contribution >= 4 is 42.7 Å². The Kier molecular flexibility index (Phi) is 51.9. The summed E-state index contributed by atoms with van der Waals surface area (Å²) in [5.41, 5.74) is 0. The van der Waals surface area contributed by atoms with Gasteiger partial charge in [0.05, 0.1) is 0 Å². The first-order chi connectivity index (χ1) is 1.73. The van der Waals surface area contributed by atoms with Gasteiger partial charge in [-0.3, -0.25) is 0 Å². The normalized spacial score (nSPS) is 6.43. The molecule has 0 rings (SSSR count). The fraction of sp³-hybridized carbons (Fsp3) is 0. The molecule has 0 aromatic carbocycles. The van der Waals surface area contributed by atoms with Gasteiger partial charge in [-0.15, -0.1) is 0 Å². The molecule has 0 unspecified atom stereocenters. The molecule has 0 bridgehead atoms. The van der Waals surface area contributed by atoms with Gasteiger partial charge in [-0.25, -0.2) is 0 Å². The van der Waals surface area contributed by atoms with Crippen molar-refractivity contribution in [2.75, 3.05) is 0 Å². The van der Waals surface area contributed by atoms with E-state index in [0.29, 0.717) is 0 Å². The Balaban J connectivity index is -0.0000000150. The van der Waals surface area contributed by atoms with Crippen LogP contribution in [0.4, 0.5) is 0 Å². The van der Waals surface area contributed by atoms with Crippen molar-refractivity contribution in [2.24, 2.45) is 0 Å². The van der Waals surface area contributed by atoms with E-state index < -0.39 is 0 Å². The van der Waals surface area contributed by atoms with Gasteiger partial charge in [0, 0.05) is 0 Å². The van der Waals surface area contributed by atoms with Crippen molar-refractivity contribution in [3.05, 3.63) is 0 Å². The fourth-order valence-electron chi connectivity index (χ4n) is 0. The van der Waals surface area contributed by atoms with Gasteiger partial charge >= 0.3 is 50.8 Å². The summed E-state index contributed by atoms with van der Waals surface area (Å²) >= 11 is 9.44. The molecule has 0 aliphatic rings. The van der Waals surface area contributed by atoms with Crippen LogP contribution in [0.5, 0.6) is 0 Å². The summed E-state index contributed by atoms with van der Waals surface area (Å²) in [5, 5.41) is 0. The molecule has 0 amide bonds. The summed E-state index contributed by atoms with van der Waals surface area (Å²) < 4.78 is 0. The molecule has 7 heavy (non-hydrogen) atoms. The number of hydrogen-bond donors (Lipinski definition) is 0. The molecule has 0 aromatic heterocycles. The molecule has 0 radical (unpaired) electrons. The molecule has 7 heteroatoms. The SMILES string of the molecule is O.O.O.[Br][Ni]([Br])[Br]. The Hall–Kier alpha value is 1.81. The van der Waals surface area contributed by atoms with Crippen LogP contribution in [-0.2, 0) is 8.10 Å². The number of hydrogen-bond acceptors (Lipinski definition) is 0. The van der Waals surface area contributed by atoms with E-state index in [1.165, 1.54) is 0 Å². The van der Waals surface area contributed by atoms with E-state index >= 15 is 0 Å². The van der Waals surface area contributed by atoms with E-state index in [4.69, 9.17) is 0 Å². The summed E-state index contributed by atoms with van der Waals surface area (Å²) in [6, 6.07) is 0. The standard InChI is InChI=1S/3BrH.Ni.3H2O/h3*1H;;3*1H2/q;;;+3;;;/p-3. The van der Waals surface area contributed by atoms with Crippen LogP contribution in [0.2, 0.25) is 0 Å². The average molecular weight is 352 g/mol. The molecule has 0 spiro atoms. The van der Waals surface area contributed by atoms with Crippen LogP contribution in [0.3, 0.4) is 0 Å². The maximum atomic E-state index is 3.15. The summed E-state index contributed by atoms with van der Waals surface area (Å²) in [6.07, 6.45) is 0. The molecule has 6 N–H and O–H groups in total. The second-order valence-corrected chi connectivity index (χ2v) is 15.1. The zero-order valence-corrected chi connectivity index (χ0v) is 8.70. The summed E-state index contributed by atoms with van der Waals surface area (Å²) in [7, 11) is -0.0208. The van der Waals surface area contributed by atoms with Gasteiger partial charge in [0.25, 0.3) is 0 Å². The number of halogens is 3. The molecule has 0 saturated heterocycles. The van der Waals surface area contributed by atoms with Crippen LogP contribution in [0.1, 0.15) is 0 Å². The van der Waals surface area contributed by atoms with E-state index in [0.717, 1.165) is 0 Å². The third-order valence-electron chi connectivity index (χ3n) is 0. The molecule has 0 atom stereocenters. The van der Waals surface area contributed by atoms with Crippen molar-refractivity contribution in [1.29, 1.82) is 0 Å². The Morgan fingerprint density at radius 3 is 0.714 bits per heavy atom. The Morgan fingerprint density at radius 1 is 0.714 bits per heavy atom. The average Bonchev–Trinajstić information content (AvgIpc) is 0.811. The Bertz CT molecular complexity index is 14.9. The zero-order chi connectivity index (χ0) is 3.58. The summed E-state index contributed by atoms with van der Waals surface area (Å²) in [5.74, 6) is 0. The quantitative estimate of drug-likeness (QED) is 0.551. The van der Waals surface area contributed by atoms with E-state index in [1.807, 2.05) is 0 Å². The third-order valence-corrected chi connectivity index (χ3v) is 0. The molecule has 0 fully saturated rings. The fourth-order valence-corrected chi connectivity index (χ4v) is 0. The second kappa shape index (κ2) is 15.7. The molecular weight excluding hydrogens is 346 g/mol. The molecule has 55 valence electrons. The van der Waals surface area contributed by atoms with Crippen molar-refractivity contribution < 1.29 is 24.5 Å². The molecule has 3 nitrogen and oxygen atoms in total. The van der Waals surface area contributed by atoms with E-state index in [1.54, 1.807) is 0 Å². The predicted octanol–water partition coefficient (Wildman–Crippen LogP) is 0.0602. The zero-order valence-electron chi connectivity index (χ0n) is 2.95. The third kappa shape index (κ3) is 80.3. The van der Waals surface area contributed by atoms with Gasteiger partial charge in [-0.2, -0.15) is 0 Å². The van der Waals surface area contributed by atoms with Crippen molar-refractivity contribution in [3.8, 4) is 0 Å². The van der Waals surface area contributed by atoms with Gasteiger partial charge in [0.1, 0.15) is 0 Å².